The van der Waals surface area contributed by atoms with Crippen molar-refractivity contribution in [3.05, 3.63) is 47.5 Å². The zero-order valence-electron chi connectivity index (χ0n) is 8.69. The molecule has 0 bridgehead atoms. The third-order valence-electron chi connectivity index (χ3n) is 2.03. The van der Waals surface area contributed by atoms with Gasteiger partial charge >= 0.3 is 0 Å². The molecule has 0 radical (unpaired) electrons. The van der Waals surface area contributed by atoms with Gasteiger partial charge in [-0.1, -0.05) is 18.2 Å². The zero-order valence-corrected chi connectivity index (χ0v) is 10.3. The first-order valence-corrected chi connectivity index (χ1v) is 4.40. The van der Waals surface area contributed by atoms with Crippen LogP contribution < -0.4 is 11.5 Å². The van der Waals surface area contributed by atoms with Crippen molar-refractivity contribution in [3.63, 3.8) is 0 Å². The van der Waals surface area contributed by atoms with E-state index < -0.39 is 11.8 Å². The number of benzene rings is 1. The fourth-order valence-electron chi connectivity index (χ4n) is 1.42. The largest absolute Gasteiger partial charge is 0.366 e. The number of carbonyl (C=O) groups excluding carboxylic acids is 2. The maximum atomic E-state index is 11.2. The van der Waals surface area contributed by atoms with Crippen LogP contribution in [0.5, 0.6) is 0 Å². The topological polar surface area (TPSA) is 86.2 Å². The molecule has 0 fully saturated rings. The van der Waals surface area contributed by atoms with Crippen LogP contribution in [0.4, 0.5) is 0 Å². The quantitative estimate of drug-likeness (QED) is 0.607. The van der Waals surface area contributed by atoms with Gasteiger partial charge in [0.25, 0.3) is 0 Å². The Labute approximate surface area is 109 Å². The third kappa shape index (κ3) is 3.05. The normalized spacial score (nSPS) is 9.00. The summed E-state index contributed by atoms with van der Waals surface area (Å²) in [6.07, 6.45) is 2.10. The fourth-order valence-corrected chi connectivity index (χ4v) is 1.42. The molecule has 1 rings (SSSR count). The molecule has 5 heteroatoms. The van der Waals surface area contributed by atoms with Gasteiger partial charge in [0.1, 0.15) is 0 Å². The van der Waals surface area contributed by atoms with Gasteiger partial charge in [0.05, 0.1) is 11.1 Å². The Hall–Kier alpha value is -1.39. The molecule has 0 aliphatic rings. The molecular formula is C11H12N2O2Ti. The number of hydrogen-bond donors (Lipinski definition) is 2. The van der Waals surface area contributed by atoms with Gasteiger partial charge in [-0.15, -0.1) is 6.58 Å². The minimum absolute atomic E-state index is 0. The summed E-state index contributed by atoms with van der Waals surface area (Å²) in [5, 5.41) is 0. The van der Waals surface area contributed by atoms with Crippen LogP contribution >= 0.6 is 0 Å². The Bertz CT molecular complexity index is 430. The SMILES string of the molecule is C=CCc1cccc(C(N)=O)c1C(N)=O.[Ti]. The maximum Gasteiger partial charge on any atom is 0.249 e. The van der Waals surface area contributed by atoms with Gasteiger partial charge in [-0.3, -0.25) is 9.59 Å². The summed E-state index contributed by atoms with van der Waals surface area (Å²) in [6.45, 7) is 3.56. The van der Waals surface area contributed by atoms with Gasteiger partial charge < -0.3 is 11.5 Å². The molecular weight excluding hydrogens is 240 g/mol. The van der Waals surface area contributed by atoms with Gasteiger partial charge in [-0.2, -0.15) is 0 Å². The Morgan fingerprint density at radius 1 is 1.25 bits per heavy atom. The summed E-state index contributed by atoms with van der Waals surface area (Å²) < 4.78 is 0. The van der Waals surface area contributed by atoms with Crippen molar-refractivity contribution in [2.75, 3.05) is 0 Å². The van der Waals surface area contributed by atoms with Crippen LogP contribution in [-0.2, 0) is 28.1 Å². The van der Waals surface area contributed by atoms with Crippen molar-refractivity contribution in [1.82, 2.24) is 0 Å². The van der Waals surface area contributed by atoms with Crippen LogP contribution in [0.3, 0.4) is 0 Å². The monoisotopic (exact) mass is 252 g/mol. The van der Waals surface area contributed by atoms with E-state index in [-0.39, 0.29) is 32.8 Å². The van der Waals surface area contributed by atoms with Crippen molar-refractivity contribution >= 4 is 11.8 Å². The van der Waals surface area contributed by atoms with E-state index >= 15 is 0 Å². The molecule has 0 heterocycles. The summed E-state index contributed by atoms with van der Waals surface area (Å²) in [7, 11) is 0. The van der Waals surface area contributed by atoms with Gasteiger partial charge in [0.2, 0.25) is 11.8 Å². The number of nitrogens with two attached hydrogens (primary N) is 2. The third-order valence-corrected chi connectivity index (χ3v) is 2.03. The second-order valence-corrected chi connectivity index (χ2v) is 3.06. The molecule has 16 heavy (non-hydrogen) atoms. The molecule has 0 aliphatic carbocycles. The van der Waals surface area contributed by atoms with Gasteiger partial charge in [0.15, 0.2) is 0 Å². The van der Waals surface area contributed by atoms with Gasteiger partial charge in [-0.05, 0) is 18.1 Å². The molecule has 0 saturated heterocycles. The number of rotatable bonds is 4. The Morgan fingerprint density at radius 3 is 2.31 bits per heavy atom. The molecule has 0 aromatic heterocycles. The van der Waals surface area contributed by atoms with E-state index in [2.05, 4.69) is 6.58 Å². The molecule has 4 nitrogen and oxygen atoms in total. The summed E-state index contributed by atoms with van der Waals surface area (Å²) >= 11 is 0. The summed E-state index contributed by atoms with van der Waals surface area (Å²) in [5.41, 5.74) is 11.3. The smallest absolute Gasteiger partial charge is 0.249 e. The van der Waals surface area contributed by atoms with Crippen LogP contribution in [0.25, 0.3) is 0 Å². The first-order chi connectivity index (χ1) is 7.07. The summed E-state index contributed by atoms with van der Waals surface area (Å²) in [6, 6.07) is 4.86. The van der Waals surface area contributed by atoms with Gasteiger partial charge in [-0.25, -0.2) is 0 Å². The second kappa shape index (κ2) is 6.25. The van der Waals surface area contributed by atoms with Crippen molar-refractivity contribution < 1.29 is 31.3 Å². The zero-order chi connectivity index (χ0) is 11.4. The van der Waals surface area contributed by atoms with Crippen LogP contribution in [0.1, 0.15) is 26.3 Å². The van der Waals surface area contributed by atoms with Gasteiger partial charge in [0, 0.05) is 21.7 Å². The standard InChI is InChI=1S/C11H12N2O2.Ti/c1-2-4-7-5-3-6-8(10(12)14)9(7)11(13)15;/h2-3,5-6H,1,4H2,(H2,12,14)(H2,13,15);. The van der Waals surface area contributed by atoms with E-state index in [1.807, 2.05) is 0 Å². The molecule has 82 valence electrons. The molecule has 0 unspecified atom stereocenters. The number of primary amides is 2. The van der Waals surface area contributed by atoms with Crippen molar-refractivity contribution in [1.29, 1.82) is 0 Å². The maximum absolute atomic E-state index is 11.2. The summed E-state index contributed by atoms with van der Waals surface area (Å²) in [4.78, 5) is 22.3. The molecule has 0 atom stereocenters. The number of allylic oxidation sites excluding steroid dienone is 1. The van der Waals surface area contributed by atoms with E-state index in [4.69, 9.17) is 11.5 Å². The molecule has 1 aromatic carbocycles. The minimum Gasteiger partial charge on any atom is -0.366 e. The van der Waals surface area contributed by atoms with E-state index in [0.29, 0.717) is 12.0 Å². The number of hydrogen-bond acceptors (Lipinski definition) is 2. The van der Waals surface area contributed by atoms with Crippen LogP contribution in [-0.4, -0.2) is 11.8 Å². The minimum atomic E-state index is -0.658. The van der Waals surface area contributed by atoms with Crippen molar-refractivity contribution in [3.8, 4) is 0 Å². The fraction of sp³-hybridized carbons (Fsp3) is 0.0909. The first kappa shape index (κ1) is 14.6. The van der Waals surface area contributed by atoms with E-state index in [0.717, 1.165) is 0 Å². The summed E-state index contributed by atoms with van der Waals surface area (Å²) in [5.74, 6) is -1.31. The number of carbonyl (C=O) groups is 2. The predicted octanol–water partition coefficient (Wildman–Crippen LogP) is 0.610. The van der Waals surface area contributed by atoms with Crippen LogP contribution in [0.15, 0.2) is 30.9 Å². The van der Waals surface area contributed by atoms with Crippen LogP contribution in [0.2, 0.25) is 0 Å². The Kier molecular flexibility index (Phi) is 5.71. The first-order valence-electron chi connectivity index (χ1n) is 4.40. The molecule has 2 amide bonds. The molecule has 0 spiro atoms. The predicted molar refractivity (Wildman–Crippen MR) is 57.4 cm³/mol. The molecule has 0 aliphatic heterocycles. The average molecular weight is 252 g/mol. The Balaban J connectivity index is 0.00000225. The van der Waals surface area contributed by atoms with Crippen molar-refractivity contribution in [2.45, 2.75) is 6.42 Å². The molecule has 4 N–H and O–H groups in total. The van der Waals surface area contributed by atoms with E-state index in [1.54, 1.807) is 18.2 Å². The van der Waals surface area contributed by atoms with Crippen LogP contribution in [0, 0.1) is 0 Å². The average Bonchev–Trinajstić information content (AvgIpc) is 2.17. The second-order valence-electron chi connectivity index (χ2n) is 3.06. The number of amides is 2. The van der Waals surface area contributed by atoms with E-state index in [9.17, 15) is 9.59 Å². The van der Waals surface area contributed by atoms with Crippen molar-refractivity contribution in [2.24, 2.45) is 11.5 Å². The molecule has 0 saturated carbocycles. The molecule has 1 aromatic rings. The Morgan fingerprint density at radius 2 is 1.88 bits per heavy atom. The van der Waals surface area contributed by atoms with E-state index in [1.165, 1.54) is 6.07 Å².